The Morgan fingerprint density at radius 2 is 2.25 bits per heavy atom. The van der Waals surface area contributed by atoms with Gasteiger partial charge in [-0.3, -0.25) is 4.90 Å². The Morgan fingerprint density at radius 1 is 1.55 bits per heavy atom. The van der Waals surface area contributed by atoms with Crippen LogP contribution in [0.2, 0.25) is 0 Å². The molecule has 0 aliphatic carbocycles. The number of hydrogen-bond acceptors (Lipinski definition) is 5. The van der Waals surface area contributed by atoms with E-state index in [4.69, 9.17) is 4.74 Å². The van der Waals surface area contributed by atoms with E-state index in [1.807, 2.05) is 6.92 Å². The summed E-state index contributed by atoms with van der Waals surface area (Å²) < 4.78 is 5.31. The molecule has 0 radical (unpaired) electrons. The van der Waals surface area contributed by atoms with E-state index in [0.29, 0.717) is 11.4 Å². The number of aromatic nitrogens is 1. The second-order valence-corrected chi connectivity index (χ2v) is 5.11. The van der Waals surface area contributed by atoms with Crippen LogP contribution in [0.3, 0.4) is 0 Å². The van der Waals surface area contributed by atoms with Crippen LogP contribution in [0, 0.1) is 6.92 Å². The topological polar surface area (TPSA) is 74.7 Å². The summed E-state index contributed by atoms with van der Waals surface area (Å²) in [6.45, 7) is 8.01. The van der Waals surface area contributed by atoms with Crippen LogP contribution in [0.4, 0.5) is 5.82 Å². The van der Waals surface area contributed by atoms with Gasteiger partial charge in [0.15, 0.2) is 0 Å². The first-order valence-corrected chi connectivity index (χ1v) is 6.83. The fraction of sp³-hybridized carbons (Fsp3) is 0.571. The number of nitrogens with one attached hydrogen (secondary N) is 1. The summed E-state index contributed by atoms with van der Waals surface area (Å²) in [6, 6.07) is 1.84. The fourth-order valence-corrected chi connectivity index (χ4v) is 2.39. The van der Waals surface area contributed by atoms with Crippen molar-refractivity contribution < 1.29 is 14.6 Å². The number of aryl methyl sites for hydroxylation is 1. The van der Waals surface area contributed by atoms with Gasteiger partial charge in [-0.15, -0.1) is 0 Å². The van der Waals surface area contributed by atoms with Crippen LogP contribution >= 0.6 is 0 Å². The van der Waals surface area contributed by atoms with Gasteiger partial charge in [0.25, 0.3) is 0 Å². The Hall–Kier alpha value is -1.66. The highest BCUT2D eigenvalue weighted by Crippen LogP contribution is 2.17. The van der Waals surface area contributed by atoms with Gasteiger partial charge in [-0.25, -0.2) is 9.78 Å². The molecule has 1 atom stereocenters. The molecular weight excluding hydrogens is 258 g/mol. The van der Waals surface area contributed by atoms with Crippen molar-refractivity contribution in [3.8, 4) is 0 Å². The summed E-state index contributed by atoms with van der Waals surface area (Å²) in [6.07, 6.45) is 1.63. The molecule has 6 nitrogen and oxygen atoms in total. The predicted octanol–water partition coefficient (Wildman–Crippen LogP) is 1.22. The molecule has 0 spiro atoms. The van der Waals surface area contributed by atoms with Crippen molar-refractivity contribution in [3.63, 3.8) is 0 Å². The van der Waals surface area contributed by atoms with Gasteiger partial charge in [-0.05, 0) is 25.5 Å². The van der Waals surface area contributed by atoms with Crippen molar-refractivity contribution in [2.75, 3.05) is 38.2 Å². The van der Waals surface area contributed by atoms with Crippen LogP contribution in [-0.4, -0.2) is 59.8 Å². The highest BCUT2D eigenvalue weighted by molar-refractivity contribution is 5.94. The van der Waals surface area contributed by atoms with Crippen LogP contribution in [0.5, 0.6) is 0 Å². The smallest absolute Gasteiger partial charge is 0.339 e. The summed E-state index contributed by atoms with van der Waals surface area (Å²) in [7, 11) is 0. The Bertz CT molecular complexity index is 473. The fourth-order valence-electron chi connectivity index (χ4n) is 2.39. The van der Waals surface area contributed by atoms with E-state index in [2.05, 4.69) is 15.2 Å². The number of pyridine rings is 1. The first-order chi connectivity index (χ1) is 9.58. The van der Waals surface area contributed by atoms with Crippen LogP contribution in [-0.2, 0) is 4.74 Å². The average molecular weight is 279 g/mol. The molecule has 110 valence electrons. The number of carbonyl (C=O) groups is 1. The maximum absolute atomic E-state index is 11.3. The van der Waals surface area contributed by atoms with E-state index in [-0.39, 0.29) is 11.6 Å². The number of nitrogens with zero attached hydrogens (tertiary/aromatic N) is 2. The van der Waals surface area contributed by atoms with E-state index in [0.717, 1.165) is 32.8 Å². The maximum atomic E-state index is 11.3. The third kappa shape index (κ3) is 3.68. The second kappa shape index (κ2) is 6.67. The zero-order valence-corrected chi connectivity index (χ0v) is 11.9. The normalized spacial score (nSPS) is 17.7. The molecule has 6 heteroatoms. The van der Waals surface area contributed by atoms with E-state index in [9.17, 15) is 9.90 Å². The van der Waals surface area contributed by atoms with Gasteiger partial charge in [0.2, 0.25) is 0 Å². The number of rotatable bonds is 5. The van der Waals surface area contributed by atoms with Gasteiger partial charge in [-0.2, -0.15) is 0 Å². The van der Waals surface area contributed by atoms with Gasteiger partial charge in [0, 0.05) is 31.9 Å². The quantitative estimate of drug-likeness (QED) is 0.844. The highest BCUT2D eigenvalue weighted by atomic mass is 16.5. The largest absolute Gasteiger partial charge is 0.478 e. The first-order valence-electron chi connectivity index (χ1n) is 6.83. The number of aromatic carboxylic acids is 1. The molecule has 1 aliphatic heterocycles. The number of hydrogen-bond donors (Lipinski definition) is 2. The first kappa shape index (κ1) is 14.7. The van der Waals surface area contributed by atoms with Crippen molar-refractivity contribution in [1.82, 2.24) is 9.88 Å². The van der Waals surface area contributed by atoms with Crippen molar-refractivity contribution >= 4 is 11.8 Å². The van der Waals surface area contributed by atoms with Crippen molar-refractivity contribution in [2.45, 2.75) is 19.9 Å². The molecule has 1 unspecified atom stereocenters. The Kier molecular flexibility index (Phi) is 4.92. The SMILES string of the molecule is Cc1ccnc(NC(C)CN2CCOCC2)c1C(=O)O. The Morgan fingerprint density at radius 3 is 2.90 bits per heavy atom. The minimum atomic E-state index is -0.948. The van der Waals surface area contributed by atoms with Crippen LogP contribution < -0.4 is 5.32 Å². The van der Waals surface area contributed by atoms with E-state index in [1.165, 1.54) is 0 Å². The van der Waals surface area contributed by atoms with Crippen LogP contribution in [0.15, 0.2) is 12.3 Å². The molecule has 1 aromatic heterocycles. The molecule has 0 amide bonds. The molecule has 1 aromatic rings. The van der Waals surface area contributed by atoms with Crippen LogP contribution in [0.25, 0.3) is 0 Å². The zero-order valence-electron chi connectivity index (χ0n) is 11.9. The molecule has 1 aliphatic rings. The second-order valence-electron chi connectivity index (χ2n) is 5.11. The number of anilines is 1. The van der Waals surface area contributed by atoms with Gasteiger partial charge in [0.05, 0.1) is 13.2 Å². The van der Waals surface area contributed by atoms with Gasteiger partial charge < -0.3 is 15.2 Å². The standard InChI is InChI=1S/C14H21N3O3/c1-10-3-4-15-13(12(10)14(18)19)16-11(2)9-17-5-7-20-8-6-17/h3-4,11H,5-9H2,1-2H3,(H,15,16)(H,18,19). The Balaban J connectivity index is 2.01. The van der Waals surface area contributed by atoms with Gasteiger partial charge in [0.1, 0.15) is 11.4 Å². The molecule has 2 heterocycles. The third-order valence-corrected chi connectivity index (χ3v) is 3.39. The van der Waals surface area contributed by atoms with E-state index >= 15 is 0 Å². The molecule has 0 saturated carbocycles. The minimum absolute atomic E-state index is 0.125. The lowest BCUT2D eigenvalue weighted by molar-refractivity contribution is 0.0368. The Labute approximate surface area is 118 Å². The molecule has 2 N–H and O–H groups in total. The lowest BCUT2D eigenvalue weighted by atomic mass is 10.1. The average Bonchev–Trinajstić information content (AvgIpc) is 2.39. The van der Waals surface area contributed by atoms with E-state index in [1.54, 1.807) is 19.2 Å². The summed E-state index contributed by atoms with van der Waals surface area (Å²) in [5.74, 6) is -0.505. The number of carboxylic acid groups (broad SMARTS) is 1. The number of carboxylic acids is 1. The summed E-state index contributed by atoms with van der Waals surface area (Å²) in [5, 5.41) is 12.5. The van der Waals surface area contributed by atoms with Gasteiger partial charge in [-0.1, -0.05) is 0 Å². The molecule has 0 aromatic carbocycles. The van der Waals surface area contributed by atoms with E-state index < -0.39 is 5.97 Å². The zero-order chi connectivity index (χ0) is 14.5. The molecule has 20 heavy (non-hydrogen) atoms. The minimum Gasteiger partial charge on any atom is -0.478 e. The number of ether oxygens (including phenoxy) is 1. The molecular formula is C14H21N3O3. The van der Waals surface area contributed by atoms with Gasteiger partial charge >= 0.3 is 5.97 Å². The lowest BCUT2D eigenvalue weighted by Gasteiger charge is -2.29. The predicted molar refractivity (Wildman–Crippen MR) is 76.3 cm³/mol. The summed E-state index contributed by atoms with van der Waals surface area (Å²) >= 11 is 0. The summed E-state index contributed by atoms with van der Waals surface area (Å²) in [4.78, 5) is 17.8. The maximum Gasteiger partial charge on any atom is 0.339 e. The van der Waals surface area contributed by atoms with Crippen molar-refractivity contribution in [2.24, 2.45) is 0 Å². The molecule has 1 saturated heterocycles. The summed E-state index contributed by atoms with van der Waals surface area (Å²) in [5.41, 5.74) is 0.968. The molecule has 1 fully saturated rings. The molecule has 0 bridgehead atoms. The number of morpholine rings is 1. The third-order valence-electron chi connectivity index (χ3n) is 3.39. The molecule has 2 rings (SSSR count). The van der Waals surface area contributed by atoms with Crippen LogP contribution in [0.1, 0.15) is 22.8 Å². The van der Waals surface area contributed by atoms with Crippen molar-refractivity contribution in [3.05, 3.63) is 23.4 Å². The lowest BCUT2D eigenvalue weighted by Crippen LogP contribution is -2.42. The highest BCUT2D eigenvalue weighted by Gasteiger charge is 2.18. The van der Waals surface area contributed by atoms with Crippen molar-refractivity contribution in [1.29, 1.82) is 0 Å². The monoisotopic (exact) mass is 279 g/mol.